The summed E-state index contributed by atoms with van der Waals surface area (Å²) in [6, 6.07) is 7.19. The van der Waals surface area contributed by atoms with E-state index in [4.69, 9.17) is 0 Å². The van der Waals surface area contributed by atoms with Gasteiger partial charge in [0, 0.05) is 18.5 Å². The van der Waals surface area contributed by atoms with Gasteiger partial charge >= 0.3 is 6.18 Å². The zero-order valence-corrected chi connectivity index (χ0v) is 12.1. The van der Waals surface area contributed by atoms with Crippen molar-refractivity contribution in [2.45, 2.75) is 12.7 Å². The highest BCUT2D eigenvalue weighted by Gasteiger charge is 2.38. The first-order chi connectivity index (χ1) is 11.4. The molecule has 0 aliphatic heterocycles. The number of halogens is 3. The van der Waals surface area contributed by atoms with Gasteiger partial charge in [0.2, 0.25) is 17.2 Å². The lowest BCUT2D eigenvalue weighted by Gasteiger charge is -2.11. The Hall–Kier alpha value is -3.10. The zero-order valence-electron chi connectivity index (χ0n) is 12.1. The maximum Gasteiger partial charge on any atom is 0.449 e. The fourth-order valence-electron chi connectivity index (χ4n) is 2.30. The number of benzene rings is 1. The molecule has 0 radical (unpaired) electrons. The third-order valence-electron chi connectivity index (χ3n) is 3.31. The SMILES string of the molecule is O=C(Cn1c(C(F)(F)F)nc2ccccc21)Nc1c[nH]ccc1=O. The summed E-state index contributed by atoms with van der Waals surface area (Å²) >= 11 is 0. The molecule has 0 aliphatic carbocycles. The first-order valence-electron chi connectivity index (χ1n) is 6.85. The maximum atomic E-state index is 13.2. The van der Waals surface area contributed by atoms with E-state index in [0.29, 0.717) is 0 Å². The number of pyridine rings is 1. The predicted octanol–water partition coefficient (Wildman–Crippen LogP) is 2.38. The average Bonchev–Trinajstić information content (AvgIpc) is 2.89. The molecule has 1 aromatic carbocycles. The highest BCUT2D eigenvalue weighted by atomic mass is 19.4. The van der Waals surface area contributed by atoms with Crippen LogP contribution in [0.15, 0.2) is 47.5 Å². The lowest BCUT2D eigenvalue weighted by Crippen LogP contribution is -2.25. The number of imidazole rings is 1. The number of nitrogens with zero attached hydrogens (tertiary/aromatic N) is 2. The summed E-state index contributed by atoms with van der Waals surface area (Å²) in [6.07, 6.45) is -2.07. The average molecular weight is 336 g/mol. The van der Waals surface area contributed by atoms with Crippen molar-refractivity contribution in [1.29, 1.82) is 0 Å². The largest absolute Gasteiger partial charge is 0.449 e. The van der Waals surface area contributed by atoms with Crippen LogP contribution >= 0.6 is 0 Å². The van der Waals surface area contributed by atoms with E-state index in [1.165, 1.54) is 30.6 Å². The topological polar surface area (TPSA) is 79.8 Å². The van der Waals surface area contributed by atoms with E-state index in [1.54, 1.807) is 12.1 Å². The summed E-state index contributed by atoms with van der Waals surface area (Å²) in [5.74, 6) is -1.93. The minimum Gasteiger partial charge on any atom is -0.366 e. The fraction of sp³-hybridized carbons (Fsp3) is 0.133. The third-order valence-corrected chi connectivity index (χ3v) is 3.31. The van der Waals surface area contributed by atoms with Gasteiger partial charge in [-0.3, -0.25) is 9.59 Å². The van der Waals surface area contributed by atoms with Gasteiger partial charge in [-0.1, -0.05) is 12.1 Å². The van der Waals surface area contributed by atoms with Gasteiger partial charge in [-0.2, -0.15) is 13.2 Å². The van der Waals surface area contributed by atoms with Crippen molar-refractivity contribution in [3.63, 3.8) is 0 Å². The molecule has 0 unspecified atom stereocenters. The number of para-hydroxylation sites is 2. The van der Waals surface area contributed by atoms with Gasteiger partial charge in [0.15, 0.2) is 0 Å². The van der Waals surface area contributed by atoms with Crippen LogP contribution in [0.1, 0.15) is 5.82 Å². The smallest absolute Gasteiger partial charge is 0.366 e. The summed E-state index contributed by atoms with van der Waals surface area (Å²) in [5, 5.41) is 2.29. The Morgan fingerprint density at radius 1 is 1.25 bits per heavy atom. The Morgan fingerprint density at radius 2 is 2.00 bits per heavy atom. The van der Waals surface area contributed by atoms with E-state index in [-0.39, 0.29) is 16.7 Å². The molecule has 9 heteroatoms. The number of aromatic nitrogens is 3. The molecule has 2 aromatic heterocycles. The molecule has 24 heavy (non-hydrogen) atoms. The van der Waals surface area contributed by atoms with E-state index in [1.807, 2.05) is 0 Å². The molecular weight excluding hydrogens is 325 g/mol. The number of carbonyl (C=O) groups is 1. The van der Waals surface area contributed by atoms with Crippen LogP contribution in [-0.2, 0) is 17.5 Å². The molecule has 3 rings (SSSR count). The molecule has 2 N–H and O–H groups in total. The van der Waals surface area contributed by atoms with Crippen LogP contribution in [0, 0.1) is 0 Å². The van der Waals surface area contributed by atoms with Crippen molar-refractivity contribution in [2.24, 2.45) is 0 Å². The Bertz CT molecular complexity index is 959. The molecule has 0 atom stereocenters. The zero-order chi connectivity index (χ0) is 17.3. The summed E-state index contributed by atoms with van der Waals surface area (Å²) < 4.78 is 40.3. The summed E-state index contributed by atoms with van der Waals surface area (Å²) in [6.45, 7) is -0.621. The van der Waals surface area contributed by atoms with Crippen LogP contribution in [0.5, 0.6) is 0 Å². The van der Waals surface area contributed by atoms with Gasteiger partial charge in [-0.25, -0.2) is 4.98 Å². The second-order valence-corrected chi connectivity index (χ2v) is 4.98. The maximum absolute atomic E-state index is 13.2. The quantitative estimate of drug-likeness (QED) is 0.771. The van der Waals surface area contributed by atoms with E-state index >= 15 is 0 Å². The highest BCUT2D eigenvalue weighted by Crippen LogP contribution is 2.31. The minimum atomic E-state index is -4.70. The van der Waals surface area contributed by atoms with E-state index in [2.05, 4.69) is 15.3 Å². The van der Waals surface area contributed by atoms with Gasteiger partial charge in [-0.05, 0) is 12.1 Å². The molecule has 0 bridgehead atoms. The van der Waals surface area contributed by atoms with Crippen LogP contribution in [-0.4, -0.2) is 20.4 Å². The number of amides is 1. The first kappa shape index (κ1) is 15.8. The molecule has 6 nitrogen and oxygen atoms in total. The summed E-state index contributed by atoms with van der Waals surface area (Å²) in [7, 11) is 0. The molecule has 1 amide bonds. The molecule has 124 valence electrons. The van der Waals surface area contributed by atoms with Gasteiger partial charge in [0.05, 0.1) is 11.0 Å². The number of nitrogens with one attached hydrogen (secondary N) is 2. The van der Waals surface area contributed by atoms with Crippen molar-refractivity contribution in [3.8, 4) is 0 Å². The number of alkyl halides is 3. The van der Waals surface area contributed by atoms with Crippen molar-refractivity contribution < 1.29 is 18.0 Å². The van der Waals surface area contributed by atoms with Crippen molar-refractivity contribution in [2.75, 3.05) is 5.32 Å². The molecule has 0 saturated carbocycles. The van der Waals surface area contributed by atoms with Crippen LogP contribution in [0.25, 0.3) is 11.0 Å². The number of carbonyl (C=O) groups excluding carboxylic acids is 1. The van der Waals surface area contributed by atoms with Crippen LogP contribution in [0.3, 0.4) is 0 Å². The van der Waals surface area contributed by atoms with Crippen molar-refractivity contribution in [3.05, 3.63) is 58.8 Å². The van der Waals surface area contributed by atoms with Gasteiger partial charge < -0.3 is 14.9 Å². The molecule has 3 aromatic rings. The van der Waals surface area contributed by atoms with E-state index < -0.39 is 29.9 Å². The molecular formula is C15H11F3N4O2. The minimum absolute atomic E-state index is 0.0412. The number of hydrogen-bond donors (Lipinski definition) is 2. The van der Waals surface area contributed by atoms with Crippen LogP contribution in [0.2, 0.25) is 0 Å². The molecule has 0 spiro atoms. The normalized spacial score (nSPS) is 11.6. The van der Waals surface area contributed by atoms with Crippen LogP contribution < -0.4 is 10.7 Å². The predicted molar refractivity (Wildman–Crippen MR) is 80.4 cm³/mol. The number of rotatable bonds is 3. The summed E-state index contributed by atoms with van der Waals surface area (Å²) in [4.78, 5) is 29.8. The van der Waals surface area contributed by atoms with E-state index in [0.717, 1.165) is 4.57 Å². The van der Waals surface area contributed by atoms with Crippen LogP contribution in [0.4, 0.5) is 18.9 Å². The lowest BCUT2D eigenvalue weighted by molar-refractivity contribution is -0.147. The van der Waals surface area contributed by atoms with Gasteiger partial charge in [0.1, 0.15) is 12.2 Å². The second-order valence-electron chi connectivity index (χ2n) is 4.98. The number of aromatic amines is 1. The first-order valence-corrected chi connectivity index (χ1v) is 6.85. The van der Waals surface area contributed by atoms with Crippen molar-refractivity contribution in [1.82, 2.24) is 14.5 Å². The monoisotopic (exact) mass is 336 g/mol. The lowest BCUT2D eigenvalue weighted by atomic mass is 10.3. The Morgan fingerprint density at radius 3 is 2.71 bits per heavy atom. The number of H-pyrrole nitrogens is 1. The number of hydrogen-bond acceptors (Lipinski definition) is 3. The summed E-state index contributed by atoms with van der Waals surface area (Å²) in [5.41, 5.74) is -0.175. The Labute approximate surface area is 132 Å². The van der Waals surface area contributed by atoms with Gasteiger partial charge in [0.25, 0.3) is 0 Å². The molecule has 2 heterocycles. The molecule has 0 saturated heterocycles. The Balaban J connectivity index is 1.96. The van der Waals surface area contributed by atoms with E-state index in [9.17, 15) is 22.8 Å². The van der Waals surface area contributed by atoms with Gasteiger partial charge in [-0.15, -0.1) is 0 Å². The second kappa shape index (κ2) is 5.84. The highest BCUT2D eigenvalue weighted by molar-refractivity contribution is 5.91. The third kappa shape index (κ3) is 3.00. The molecule has 0 fully saturated rings. The fourth-order valence-corrected chi connectivity index (χ4v) is 2.30. The Kier molecular flexibility index (Phi) is 3.84. The standard InChI is InChI=1S/C15H11F3N4O2/c16-15(17,18)14-21-9-3-1-2-4-11(9)22(14)8-13(24)20-10-7-19-6-5-12(10)23/h1-7H,8H2,(H,19,23)(H,20,24). The number of fused-ring (bicyclic) bond motifs is 1. The molecule has 0 aliphatic rings. The number of anilines is 1. The van der Waals surface area contributed by atoms with Crippen molar-refractivity contribution >= 4 is 22.6 Å².